The number of rotatable bonds is 2. The van der Waals surface area contributed by atoms with Crippen molar-refractivity contribution in [1.29, 1.82) is 0 Å². The summed E-state index contributed by atoms with van der Waals surface area (Å²) in [5.41, 5.74) is 4.07. The summed E-state index contributed by atoms with van der Waals surface area (Å²) in [5, 5.41) is 0. The number of imidazole rings is 1. The third kappa shape index (κ3) is 2.03. The van der Waals surface area contributed by atoms with Crippen LogP contribution in [0, 0.1) is 5.82 Å². The van der Waals surface area contributed by atoms with Crippen molar-refractivity contribution in [2.75, 3.05) is 0 Å². The summed E-state index contributed by atoms with van der Waals surface area (Å²) in [6.45, 7) is 0. The molecule has 4 nitrogen and oxygen atoms in total. The molecule has 0 radical (unpaired) electrons. The maximum Gasteiger partial charge on any atom is 0.137 e. The Kier molecular flexibility index (Phi) is 2.89. The van der Waals surface area contributed by atoms with Crippen molar-refractivity contribution in [3.05, 3.63) is 73.1 Å². The molecule has 1 aromatic carbocycles. The lowest BCUT2D eigenvalue weighted by Crippen LogP contribution is -1.92. The Morgan fingerprint density at radius 3 is 2.59 bits per heavy atom. The molecule has 0 unspecified atom stereocenters. The molecule has 0 aliphatic carbocycles. The fourth-order valence-electron chi connectivity index (χ4n) is 2.48. The standard InChI is InChI=1S/C17H11FN4/c18-13-6-4-12(5-7-13)16-17(14-8-9-19-11-20-14)22-10-2-1-3-15(22)21-16/h1-11H. The first-order valence-electron chi connectivity index (χ1n) is 6.82. The van der Waals surface area contributed by atoms with E-state index >= 15 is 0 Å². The molecule has 22 heavy (non-hydrogen) atoms. The van der Waals surface area contributed by atoms with E-state index in [0.29, 0.717) is 0 Å². The van der Waals surface area contributed by atoms with Crippen molar-refractivity contribution in [3.63, 3.8) is 0 Å². The Hall–Kier alpha value is -3.08. The van der Waals surface area contributed by atoms with Crippen molar-refractivity contribution in [2.45, 2.75) is 0 Å². The highest BCUT2D eigenvalue weighted by atomic mass is 19.1. The predicted octanol–water partition coefficient (Wildman–Crippen LogP) is 3.60. The first-order valence-corrected chi connectivity index (χ1v) is 6.82. The van der Waals surface area contributed by atoms with E-state index in [2.05, 4.69) is 15.0 Å². The van der Waals surface area contributed by atoms with Gasteiger partial charge < -0.3 is 0 Å². The van der Waals surface area contributed by atoms with E-state index in [4.69, 9.17) is 0 Å². The minimum absolute atomic E-state index is 0.267. The summed E-state index contributed by atoms with van der Waals surface area (Å²) in [6.07, 6.45) is 5.14. The number of hydrogen-bond donors (Lipinski definition) is 0. The molecule has 0 fully saturated rings. The highest BCUT2D eigenvalue weighted by Crippen LogP contribution is 2.31. The summed E-state index contributed by atoms with van der Waals surface area (Å²) >= 11 is 0. The average molecular weight is 290 g/mol. The molecule has 4 aromatic rings. The van der Waals surface area contributed by atoms with Gasteiger partial charge in [0.2, 0.25) is 0 Å². The largest absolute Gasteiger partial charge is 0.298 e. The highest BCUT2D eigenvalue weighted by molar-refractivity contribution is 5.80. The van der Waals surface area contributed by atoms with Crippen LogP contribution in [-0.4, -0.2) is 19.4 Å². The van der Waals surface area contributed by atoms with Crippen LogP contribution < -0.4 is 0 Å². The van der Waals surface area contributed by atoms with Crippen molar-refractivity contribution >= 4 is 5.65 Å². The van der Waals surface area contributed by atoms with Crippen LogP contribution in [0.4, 0.5) is 4.39 Å². The van der Waals surface area contributed by atoms with Gasteiger partial charge in [-0.15, -0.1) is 0 Å². The van der Waals surface area contributed by atoms with Crippen LogP contribution in [0.5, 0.6) is 0 Å². The first kappa shape index (κ1) is 12.6. The SMILES string of the molecule is Fc1ccc(-c2nc3ccccn3c2-c2ccncn2)cc1. The number of pyridine rings is 1. The zero-order chi connectivity index (χ0) is 14.9. The zero-order valence-corrected chi connectivity index (χ0v) is 11.5. The van der Waals surface area contributed by atoms with Gasteiger partial charge in [0.25, 0.3) is 0 Å². The minimum atomic E-state index is -0.267. The Morgan fingerprint density at radius 1 is 0.955 bits per heavy atom. The van der Waals surface area contributed by atoms with E-state index in [9.17, 15) is 4.39 Å². The predicted molar refractivity (Wildman–Crippen MR) is 81.6 cm³/mol. The van der Waals surface area contributed by atoms with Crippen LogP contribution >= 0.6 is 0 Å². The number of benzene rings is 1. The van der Waals surface area contributed by atoms with Crippen LogP contribution in [0.2, 0.25) is 0 Å². The Balaban J connectivity index is 2.04. The van der Waals surface area contributed by atoms with E-state index in [0.717, 1.165) is 28.3 Å². The molecule has 0 atom stereocenters. The van der Waals surface area contributed by atoms with Crippen LogP contribution in [0.25, 0.3) is 28.3 Å². The lowest BCUT2D eigenvalue weighted by molar-refractivity contribution is 0.628. The molecule has 4 rings (SSSR count). The Labute approximate surface area is 125 Å². The molecular weight excluding hydrogens is 279 g/mol. The number of aromatic nitrogens is 4. The van der Waals surface area contributed by atoms with Gasteiger partial charge in [-0.05, 0) is 42.5 Å². The number of fused-ring (bicyclic) bond motifs is 1. The van der Waals surface area contributed by atoms with Crippen molar-refractivity contribution in [3.8, 4) is 22.6 Å². The van der Waals surface area contributed by atoms with E-state index in [1.165, 1.54) is 18.5 Å². The summed E-state index contributed by atoms with van der Waals surface area (Å²) in [7, 11) is 0. The Morgan fingerprint density at radius 2 is 1.82 bits per heavy atom. The maximum absolute atomic E-state index is 13.2. The monoisotopic (exact) mass is 290 g/mol. The van der Waals surface area contributed by atoms with E-state index in [-0.39, 0.29) is 5.82 Å². The normalized spacial score (nSPS) is 11.0. The number of nitrogens with zero attached hydrogens (tertiary/aromatic N) is 4. The van der Waals surface area contributed by atoms with Gasteiger partial charge in [-0.2, -0.15) is 0 Å². The number of hydrogen-bond acceptors (Lipinski definition) is 3. The van der Waals surface area contributed by atoms with Gasteiger partial charge in [-0.1, -0.05) is 6.07 Å². The topological polar surface area (TPSA) is 43.1 Å². The van der Waals surface area contributed by atoms with E-state index in [1.54, 1.807) is 18.3 Å². The van der Waals surface area contributed by atoms with Gasteiger partial charge in [0, 0.05) is 18.0 Å². The lowest BCUT2D eigenvalue weighted by Gasteiger charge is -2.04. The average Bonchev–Trinajstić information content (AvgIpc) is 2.96. The molecule has 3 heterocycles. The molecule has 3 aromatic heterocycles. The van der Waals surface area contributed by atoms with Gasteiger partial charge in [0.15, 0.2) is 0 Å². The molecule has 0 N–H and O–H groups in total. The number of halogens is 1. The van der Waals surface area contributed by atoms with Crippen LogP contribution in [-0.2, 0) is 0 Å². The second-order valence-electron chi connectivity index (χ2n) is 4.84. The third-order valence-electron chi connectivity index (χ3n) is 3.47. The Bertz CT molecular complexity index is 930. The molecule has 0 saturated heterocycles. The summed E-state index contributed by atoms with van der Waals surface area (Å²) in [6, 6.07) is 13.9. The quantitative estimate of drug-likeness (QED) is 0.566. The first-order chi connectivity index (χ1) is 10.8. The van der Waals surface area contributed by atoms with E-state index in [1.807, 2.05) is 34.9 Å². The van der Waals surface area contributed by atoms with Crippen LogP contribution in [0.3, 0.4) is 0 Å². The zero-order valence-electron chi connectivity index (χ0n) is 11.5. The van der Waals surface area contributed by atoms with Gasteiger partial charge in [0.05, 0.1) is 17.1 Å². The molecule has 0 bridgehead atoms. The second kappa shape index (κ2) is 5.04. The molecule has 106 valence electrons. The van der Waals surface area contributed by atoms with Crippen LogP contribution in [0.1, 0.15) is 0 Å². The molecule has 5 heteroatoms. The van der Waals surface area contributed by atoms with Crippen molar-refractivity contribution in [1.82, 2.24) is 19.4 Å². The molecule has 0 aliphatic heterocycles. The molecular formula is C17H11FN4. The molecule has 0 aliphatic rings. The highest BCUT2D eigenvalue weighted by Gasteiger charge is 2.16. The summed E-state index contributed by atoms with van der Waals surface area (Å²) in [4.78, 5) is 13.0. The molecule has 0 spiro atoms. The fraction of sp³-hybridized carbons (Fsp3) is 0. The van der Waals surface area contributed by atoms with Gasteiger partial charge in [-0.3, -0.25) is 4.40 Å². The lowest BCUT2D eigenvalue weighted by atomic mass is 10.1. The maximum atomic E-state index is 13.2. The van der Waals surface area contributed by atoms with Gasteiger partial charge in [0.1, 0.15) is 17.8 Å². The minimum Gasteiger partial charge on any atom is -0.298 e. The molecule has 0 amide bonds. The van der Waals surface area contributed by atoms with Crippen molar-refractivity contribution in [2.24, 2.45) is 0 Å². The second-order valence-corrected chi connectivity index (χ2v) is 4.84. The smallest absolute Gasteiger partial charge is 0.137 e. The van der Waals surface area contributed by atoms with Crippen LogP contribution in [0.15, 0.2) is 67.3 Å². The molecule has 0 saturated carbocycles. The van der Waals surface area contributed by atoms with Gasteiger partial charge >= 0.3 is 0 Å². The van der Waals surface area contributed by atoms with Gasteiger partial charge in [-0.25, -0.2) is 19.3 Å². The van der Waals surface area contributed by atoms with E-state index < -0.39 is 0 Å². The van der Waals surface area contributed by atoms with Crippen molar-refractivity contribution < 1.29 is 4.39 Å². The summed E-state index contributed by atoms with van der Waals surface area (Å²) < 4.78 is 15.2. The fourth-order valence-corrected chi connectivity index (χ4v) is 2.48. The summed E-state index contributed by atoms with van der Waals surface area (Å²) in [5.74, 6) is -0.267. The third-order valence-corrected chi connectivity index (χ3v) is 3.47.